The highest BCUT2D eigenvalue weighted by Gasteiger charge is 2.56. The van der Waals surface area contributed by atoms with E-state index in [2.05, 4.69) is 13.0 Å². The van der Waals surface area contributed by atoms with Gasteiger partial charge in [0, 0.05) is 11.8 Å². The first kappa shape index (κ1) is 18.3. The maximum Gasteiger partial charge on any atom is 0.306 e. The number of benzene rings is 1. The lowest BCUT2D eigenvalue weighted by Crippen LogP contribution is -2.45. The maximum atomic E-state index is 12.1. The summed E-state index contributed by atoms with van der Waals surface area (Å²) in [7, 11) is 0. The quantitative estimate of drug-likeness (QED) is 0.794. The third-order valence-electron chi connectivity index (χ3n) is 7.47. The molecule has 0 aromatic heterocycles. The van der Waals surface area contributed by atoms with E-state index in [-0.39, 0.29) is 30.3 Å². The molecule has 1 aromatic rings. The topological polar surface area (TPSA) is 89.6 Å². The summed E-state index contributed by atoms with van der Waals surface area (Å²) >= 11 is 0. The third-order valence-corrected chi connectivity index (χ3v) is 7.47. The number of fused-ring (bicyclic) bond motifs is 5. The Bertz CT molecular complexity index is 761. The largest absolute Gasteiger partial charge is 0.508 e. The molecule has 2 fully saturated rings. The van der Waals surface area contributed by atoms with E-state index in [1.165, 1.54) is 11.1 Å². The van der Waals surface area contributed by atoms with Crippen LogP contribution < -0.4 is 5.73 Å². The number of phenols is 1. The predicted octanol–water partition coefficient (Wildman–Crippen LogP) is 3.43. The third kappa shape index (κ3) is 3.21. The summed E-state index contributed by atoms with van der Waals surface area (Å²) in [5.74, 6) is 1.33. The van der Waals surface area contributed by atoms with Gasteiger partial charge < -0.3 is 15.6 Å². The Morgan fingerprint density at radius 2 is 2.04 bits per heavy atom. The van der Waals surface area contributed by atoms with Gasteiger partial charge in [-0.2, -0.15) is 0 Å². The average Bonchev–Trinajstić information content (AvgIpc) is 2.96. The normalized spacial score (nSPS) is 34.3. The van der Waals surface area contributed by atoms with E-state index in [9.17, 15) is 14.7 Å². The zero-order valence-electron chi connectivity index (χ0n) is 15.9. The van der Waals surface area contributed by atoms with Gasteiger partial charge in [-0.1, -0.05) is 13.0 Å². The summed E-state index contributed by atoms with van der Waals surface area (Å²) in [5.41, 5.74) is 7.87. The molecule has 1 aromatic carbocycles. The van der Waals surface area contributed by atoms with Gasteiger partial charge in [-0.05, 0) is 79.5 Å². The number of hydrogen-bond acceptors (Lipinski definition) is 4. The molecular weight excluding hydrogens is 342 g/mol. The molecule has 3 N–H and O–H groups in total. The summed E-state index contributed by atoms with van der Waals surface area (Å²) in [5, 5.41) is 9.79. The van der Waals surface area contributed by atoms with E-state index in [0.717, 1.165) is 38.5 Å². The van der Waals surface area contributed by atoms with Crippen molar-refractivity contribution < 1.29 is 19.4 Å². The van der Waals surface area contributed by atoms with Crippen LogP contribution in [0.2, 0.25) is 0 Å². The minimum absolute atomic E-state index is 0.0258. The number of carbonyl (C=O) groups is 2. The minimum atomic E-state index is -0.463. The first-order valence-corrected chi connectivity index (χ1v) is 10.2. The highest BCUT2D eigenvalue weighted by atomic mass is 16.5. The first-order chi connectivity index (χ1) is 12.9. The molecule has 0 unspecified atom stereocenters. The molecule has 3 aliphatic rings. The zero-order chi connectivity index (χ0) is 19.2. The fourth-order valence-corrected chi connectivity index (χ4v) is 6.16. The molecule has 0 heterocycles. The number of amides is 1. The van der Waals surface area contributed by atoms with Crippen LogP contribution in [0.5, 0.6) is 5.75 Å². The molecule has 4 rings (SSSR count). The fraction of sp³-hybridized carbons (Fsp3) is 0.636. The number of aromatic hydroxyl groups is 1. The number of primary amides is 1. The molecule has 3 aliphatic carbocycles. The van der Waals surface area contributed by atoms with Crippen LogP contribution in [0.25, 0.3) is 0 Å². The van der Waals surface area contributed by atoms with Crippen molar-refractivity contribution in [1.29, 1.82) is 0 Å². The van der Waals surface area contributed by atoms with Crippen molar-refractivity contribution in [3.8, 4) is 5.75 Å². The molecular formula is C22H29NO4. The summed E-state index contributed by atoms with van der Waals surface area (Å²) < 4.78 is 5.82. The number of ether oxygens (including phenoxy) is 1. The van der Waals surface area contributed by atoms with Crippen LogP contribution in [0.15, 0.2) is 18.2 Å². The number of phenolic OH excluding ortho intramolecular Hbond substituents is 1. The van der Waals surface area contributed by atoms with Crippen LogP contribution in [0.4, 0.5) is 0 Å². The fourth-order valence-electron chi connectivity index (χ4n) is 6.16. The molecule has 5 nitrogen and oxygen atoms in total. The lowest BCUT2D eigenvalue weighted by atomic mass is 9.55. The molecule has 1 amide bonds. The van der Waals surface area contributed by atoms with Crippen LogP contribution in [-0.2, 0) is 20.7 Å². The molecule has 0 aliphatic heterocycles. The van der Waals surface area contributed by atoms with Crippen LogP contribution in [0.3, 0.4) is 0 Å². The minimum Gasteiger partial charge on any atom is -0.508 e. The number of nitrogens with two attached hydrogens (primary N) is 1. The SMILES string of the molecule is C[C@]12CC[C@@H]3c4ccc(O)cc4CC[C@H]3[C@@H]1CC[C@@H]2OC(=O)CCC(N)=O. The standard InChI is InChI=1S/C22H29NO4/c1-22-11-10-16-15-5-3-14(24)12-13(15)2-4-17(16)18(22)6-7-19(22)27-21(26)9-8-20(23)25/h3,5,12,16-19,24H,2,4,6-11H2,1H3,(H2,23,25)/t16-,17-,18+,19+,22+/m1/s1. The summed E-state index contributed by atoms with van der Waals surface area (Å²) in [6.07, 6.45) is 6.40. The summed E-state index contributed by atoms with van der Waals surface area (Å²) in [4.78, 5) is 23.1. The van der Waals surface area contributed by atoms with Crippen molar-refractivity contribution in [1.82, 2.24) is 0 Å². The van der Waals surface area contributed by atoms with Crippen molar-refractivity contribution >= 4 is 11.9 Å². The molecule has 5 atom stereocenters. The highest BCUT2D eigenvalue weighted by molar-refractivity contribution is 5.80. The van der Waals surface area contributed by atoms with Crippen molar-refractivity contribution in [3.05, 3.63) is 29.3 Å². The number of aryl methyl sites for hydroxylation is 1. The second-order valence-corrected chi connectivity index (χ2v) is 8.87. The van der Waals surface area contributed by atoms with E-state index in [0.29, 0.717) is 23.5 Å². The molecule has 0 bridgehead atoms. The molecule has 27 heavy (non-hydrogen) atoms. The van der Waals surface area contributed by atoms with Gasteiger partial charge in [-0.25, -0.2) is 0 Å². The Balaban J connectivity index is 1.49. The molecule has 0 spiro atoms. The molecule has 0 radical (unpaired) electrons. The maximum absolute atomic E-state index is 12.1. The molecule has 146 valence electrons. The monoisotopic (exact) mass is 371 g/mol. The lowest BCUT2D eigenvalue weighted by molar-refractivity contribution is -0.158. The Labute approximate surface area is 160 Å². The van der Waals surface area contributed by atoms with Gasteiger partial charge in [0.05, 0.1) is 6.42 Å². The number of esters is 1. The summed E-state index contributed by atoms with van der Waals surface area (Å²) in [6, 6.07) is 5.85. The van der Waals surface area contributed by atoms with E-state index < -0.39 is 5.91 Å². The Kier molecular flexibility index (Phi) is 4.65. The second kappa shape index (κ2) is 6.84. The predicted molar refractivity (Wildman–Crippen MR) is 101 cm³/mol. The average molecular weight is 371 g/mol. The Morgan fingerprint density at radius 1 is 1.22 bits per heavy atom. The van der Waals surface area contributed by atoms with E-state index in [1.54, 1.807) is 0 Å². The molecule has 2 saturated carbocycles. The van der Waals surface area contributed by atoms with Crippen molar-refractivity contribution in [3.63, 3.8) is 0 Å². The highest BCUT2D eigenvalue weighted by Crippen LogP contribution is 2.61. The van der Waals surface area contributed by atoms with Crippen LogP contribution in [0, 0.1) is 17.3 Å². The number of hydrogen-bond donors (Lipinski definition) is 2. The van der Waals surface area contributed by atoms with E-state index in [4.69, 9.17) is 10.5 Å². The van der Waals surface area contributed by atoms with Gasteiger partial charge in [0.15, 0.2) is 0 Å². The first-order valence-electron chi connectivity index (χ1n) is 10.2. The van der Waals surface area contributed by atoms with Crippen molar-refractivity contribution in [2.75, 3.05) is 0 Å². The van der Waals surface area contributed by atoms with Crippen molar-refractivity contribution in [2.45, 2.75) is 70.3 Å². The van der Waals surface area contributed by atoms with Gasteiger partial charge in [0.2, 0.25) is 5.91 Å². The van der Waals surface area contributed by atoms with Gasteiger partial charge in [0.25, 0.3) is 0 Å². The lowest BCUT2D eigenvalue weighted by Gasteiger charge is -2.50. The van der Waals surface area contributed by atoms with Gasteiger partial charge >= 0.3 is 5.97 Å². The van der Waals surface area contributed by atoms with Crippen LogP contribution in [-0.4, -0.2) is 23.1 Å². The smallest absolute Gasteiger partial charge is 0.306 e. The van der Waals surface area contributed by atoms with E-state index >= 15 is 0 Å². The molecule has 5 heteroatoms. The van der Waals surface area contributed by atoms with Gasteiger partial charge in [0.1, 0.15) is 11.9 Å². The Hall–Kier alpha value is -2.04. The van der Waals surface area contributed by atoms with Gasteiger partial charge in [-0.15, -0.1) is 0 Å². The van der Waals surface area contributed by atoms with Crippen LogP contribution >= 0.6 is 0 Å². The van der Waals surface area contributed by atoms with Crippen LogP contribution in [0.1, 0.15) is 68.9 Å². The Morgan fingerprint density at radius 3 is 2.81 bits per heavy atom. The second-order valence-electron chi connectivity index (χ2n) is 8.87. The number of carbonyl (C=O) groups excluding carboxylic acids is 2. The van der Waals surface area contributed by atoms with Crippen molar-refractivity contribution in [2.24, 2.45) is 23.0 Å². The number of rotatable bonds is 4. The summed E-state index contributed by atoms with van der Waals surface area (Å²) in [6.45, 7) is 2.29. The van der Waals surface area contributed by atoms with Gasteiger partial charge in [-0.3, -0.25) is 9.59 Å². The van der Waals surface area contributed by atoms with E-state index in [1.807, 2.05) is 12.1 Å². The molecule has 0 saturated heterocycles. The zero-order valence-corrected chi connectivity index (χ0v) is 15.9.